The Morgan fingerprint density at radius 1 is 1.28 bits per heavy atom. The Hall–Kier alpha value is -1.10. The van der Waals surface area contributed by atoms with Crippen molar-refractivity contribution in [3.05, 3.63) is 0 Å². The monoisotopic (exact) mass is 258 g/mol. The molecule has 0 saturated carbocycles. The van der Waals surface area contributed by atoms with Gasteiger partial charge in [0.05, 0.1) is 6.04 Å². The highest BCUT2D eigenvalue weighted by atomic mass is 16.4. The summed E-state index contributed by atoms with van der Waals surface area (Å²) >= 11 is 0. The predicted octanol–water partition coefficient (Wildman–Crippen LogP) is 1.46. The topological polar surface area (TPSA) is 83.6 Å². The third-order valence-corrected chi connectivity index (χ3v) is 3.24. The first-order valence-corrected chi connectivity index (χ1v) is 6.59. The first-order chi connectivity index (χ1) is 8.31. The fraction of sp³-hybridized carbons (Fsp3) is 0.846. The second-order valence-corrected chi connectivity index (χ2v) is 5.03. The molecular formula is C13H26N2O3. The van der Waals surface area contributed by atoms with Gasteiger partial charge in [0.1, 0.15) is 0 Å². The van der Waals surface area contributed by atoms with Crippen molar-refractivity contribution in [2.24, 2.45) is 11.7 Å². The fourth-order valence-electron chi connectivity index (χ4n) is 1.71. The van der Waals surface area contributed by atoms with Crippen molar-refractivity contribution in [2.45, 2.75) is 59.0 Å². The molecule has 18 heavy (non-hydrogen) atoms. The van der Waals surface area contributed by atoms with Crippen molar-refractivity contribution in [2.75, 3.05) is 6.54 Å². The lowest BCUT2D eigenvalue weighted by Gasteiger charge is -2.31. The number of nitrogens with two attached hydrogens (primary N) is 1. The van der Waals surface area contributed by atoms with Crippen molar-refractivity contribution in [1.82, 2.24) is 4.90 Å². The van der Waals surface area contributed by atoms with Gasteiger partial charge in [-0.3, -0.25) is 9.59 Å². The van der Waals surface area contributed by atoms with Crippen molar-refractivity contribution < 1.29 is 14.7 Å². The summed E-state index contributed by atoms with van der Waals surface area (Å²) in [5.74, 6) is -0.777. The van der Waals surface area contributed by atoms with Crippen LogP contribution < -0.4 is 5.73 Å². The highest BCUT2D eigenvalue weighted by Gasteiger charge is 2.26. The van der Waals surface area contributed by atoms with Gasteiger partial charge in [0.2, 0.25) is 5.91 Å². The molecule has 2 atom stereocenters. The van der Waals surface area contributed by atoms with E-state index in [-0.39, 0.29) is 24.3 Å². The van der Waals surface area contributed by atoms with Crippen molar-refractivity contribution >= 4 is 11.9 Å². The number of hydrogen-bond donors (Lipinski definition) is 2. The van der Waals surface area contributed by atoms with Crippen molar-refractivity contribution in [3.8, 4) is 0 Å². The van der Waals surface area contributed by atoms with Crippen LogP contribution in [0.3, 0.4) is 0 Å². The smallest absolute Gasteiger partial charge is 0.303 e. The average molecular weight is 258 g/mol. The molecule has 0 saturated heterocycles. The number of rotatable bonds is 8. The molecule has 1 unspecified atom stereocenters. The lowest BCUT2D eigenvalue weighted by atomic mass is 9.98. The number of carboxylic acid groups (broad SMARTS) is 1. The summed E-state index contributed by atoms with van der Waals surface area (Å²) < 4.78 is 0. The zero-order valence-electron chi connectivity index (χ0n) is 11.8. The largest absolute Gasteiger partial charge is 0.481 e. The number of carbonyl (C=O) groups excluding carboxylic acids is 1. The molecule has 0 aromatic rings. The van der Waals surface area contributed by atoms with Crippen LogP contribution >= 0.6 is 0 Å². The molecule has 0 aromatic heterocycles. The Balaban J connectivity index is 4.49. The number of nitrogens with zero attached hydrogens (tertiary/aromatic N) is 1. The van der Waals surface area contributed by atoms with Crippen LogP contribution in [0.25, 0.3) is 0 Å². The Morgan fingerprint density at radius 2 is 1.83 bits per heavy atom. The average Bonchev–Trinajstić information content (AvgIpc) is 2.31. The maximum Gasteiger partial charge on any atom is 0.303 e. The summed E-state index contributed by atoms with van der Waals surface area (Å²) in [6.45, 7) is 8.25. The van der Waals surface area contributed by atoms with E-state index < -0.39 is 12.0 Å². The van der Waals surface area contributed by atoms with Crippen LogP contribution in [0.2, 0.25) is 0 Å². The molecule has 5 nitrogen and oxygen atoms in total. The Kier molecular flexibility index (Phi) is 7.59. The van der Waals surface area contributed by atoms with Crippen LogP contribution in [-0.2, 0) is 9.59 Å². The van der Waals surface area contributed by atoms with Gasteiger partial charge in [0.15, 0.2) is 0 Å². The van der Waals surface area contributed by atoms with E-state index in [0.717, 1.165) is 6.42 Å². The van der Waals surface area contributed by atoms with Gasteiger partial charge in [-0.15, -0.1) is 0 Å². The third-order valence-electron chi connectivity index (χ3n) is 3.24. The number of carboxylic acids is 1. The van der Waals surface area contributed by atoms with Crippen LogP contribution in [0.15, 0.2) is 0 Å². The number of hydrogen-bond acceptors (Lipinski definition) is 3. The van der Waals surface area contributed by atoms with Gasteiger partial charge in [-0.1, -0.05) is 20.3 Å². The van der Waals surface area contributed by atoms with Crippen molar-refractivity contribution in [1.29, 1.82) is 0 Å². The molecule has 0 aromatic carbocycles. The SMILES string of the molecule is CCC(C)[C@H](N)C(=O)N(CCCC(=O)O)C(C)C. The van der Waals surface area contributed by atoms with E-state index in [1.54, 1.807) is 4.90 Å². The number of amides is 1. The summed E-state index contributed by atoms with van der Waals surface area (Å²) in [6.07, 6.45) is 1.40. The van der Waals surface area contributed by atoms with Gasteiger partial charge in [-0.2, -0.15) is 0 Å². The molecular weight excluding hydrogens is 232 g/mol. The molecule has 0 heterocycles. The van der Waals surface area contributed by atoms with Gasteiger partial charge >= 0.3 is 5.97 Å². The highest BCUT2D eigenvalue weighted by molar-refractivity contribution is 5.82. The van der Waals surface area contributed by atoms with Gasteiger partial charge in [-0.05, 0) is 26.2 Å². The zero-order chi connectivity index (χ0) is 14.3. The maximum absolute atomic E-state index is 12.2. The molecule has 3 N–H and O–H groups in total. The molecule has 0 aliphatic heterocycles. The van der Waals surface area contributed by atoms with Gasteiger partial charge in [0, 0.05) is 19.0 Å². The Labute approximate surface area is 109 Å². The predicted molar refractivity (Wildman–Crippen MR) is 71.1 cm³/mol. The van der Waals surface area contributed by atoms with Crippen LogP contribution in [0.4, 0.5) is 0 Å². The van der Waals surface area contributed by atoms with Gasteiger partial charge in [0.25, 0.3) is 0 Å². The number of carbonyl (C=O) groups is 2. The molecule has 0 bridgehead atoms. The van der Waals surface area contributed by atoms with E-state index in [2.05, 4.69) is 0 Å². The quantitative estimate of drug-likeness (QED) is 0.690. The minimum atomic E-state index is -0.836. The van der Waals surface area contributed by atoms with Gasteiger partial charge < -0.3 is 15.7 Å². The van der Waals surface area contributed by atoms with Crippen LogP contribution in [0, 0.1) is 5.92 Å². The summed E-state index contributed by atoms with van der Waals surface area (Å²) in [5.41, 5.74) is 5.93. The molecule has 5 heteroatoms. The van der Waals surface area contributed by atoms with E-state index in [1.165, 1.54) is 0 Å². The normalized spacial score (nSPS) is 14.3. The molecule has 106 valence electrons. The minimum Gasteiger partial charge on any atom is -0.481 e. The van der Waals surface area contributed by atoms with E-state index >= 15 is 0 Å². The molecule has 0 aliphatic carbocycles. The molecule has 0 spiro atoms. The molecule has 1 amide bonds. The second kappa shape index (κ2) is 8.08. The number of aliphatic carboxylic acids is 1. The Morgan fingerprint density at radius 3 is 2.22 bits per heavy atom. The third kappa shape index (κ3) is 5.49. The lowest BCUT2D eigenvalue weighted by molar-refractivity contribution is -0.139. The van der Waals surface area contributed by atoms with Crippen LogP contribution in [0.1, 0.15) is 47.0 Å². The molecule has 0 fully saturated rings. The zero-order valence-corrected chi connectivity index (χ0v) is 11.8. The summed E-state index contributed by atoms with van der Waals surface area (Å²) in [5, 5.41) is 8.61. The highest BCUT2D eigenvalue weighted by Crippen LogP contribution is 2.11. The van der Waals surface area contributed by atoms with E-state index in [9.17, 15) is 9.59 Å². The minimum absolute atomic E-state index is 0.0430. The first kappa shape index (κ1) is 16.9. The standard InChI is InChI=1S/C13H26N2O3/c1-5-10(4)12(14)13(18)15(9(2)3)8-6-7-11(16)17/h9-10,12H,5-8,14H2,1-4H3,(H,16,17)/t10?,12-/m0/s1. The summed E-state index contributed by atoms with van der Waals surface area (Å²) in [7, 11) is 0. The van der Waals surface area contributed by atoms with Crippen LogP contribution in [-0.4, -0.2) is 40.5 Å². The van der Waals surface area contributed by atoms with E-state index in [1.807, 2.05) is 27.7 Å². The second-order valence-electron chi connectivity index (χ2n) is 5.03. The van der Waals surface area contributed by atoms with E-state index in [0.29, 0.717) is 13.0 Å². The summed E-state index contributed by atoms with van der Waals surface area (Å²) in [6, 6.07) is -0.455. The van der Waals surface area contributed by atoms with Crippen LogP contribution in [0.5, 0.6) is 0 Å². The molecule has 0 rings (SSSR count). The maximum atomic E-state index is 12.2. The van der Waals surface area contributed by atoms with Gasteiger partial charge in [-0.25, -0.2) is 0 Å². The summed E-state index contributed by atoms with van der Waals surface area (Å²) in [4.78, 5) is 24.4. The fourth-order valence-corrected chi connectivity index (χ4v) is 1.71. The van der Waals surface area contributed by atoms with Crippen molar-refractivity contribution in [3.63, 3.8) is 0 Å². The molecule has 0 radical (unpaired) electrons. The lowest BCUT2D eigenvalue weighted by Crippen LogP contribution is -2.50. The molecule has 0 aliphatic rings. The van der Waals surface area contributed by atoms with E-state index in [4.69, 9.17) is 10.8 Å². The Bertz CT molecular complexity index is 279. The first-order valence-electron chi connectivity index (χ1n) is 6.59.